The normalized spacial score (nSPS) is 11.1. The molecule has 4 heteroatoms. The first-order valence-corrected chi connectivity index (χ1v) is 6.53. The van der Waals surface area contributed by atoms with Gasteiger partial charge < -0.3 is 5.32 Å². The Morgan fingerprint density at radius 1 is 1.26 bits per heavy atom. The lowest BCUT2D eigenvalue weighted by Crippen LogP contribution is -2.07. The van der Waals surface area contributed by atoms with Gasteiger partial charge in [0.1, 0.15) is 5.65 Å². The molecule has 0 spiro atoms. The summed E-state index contributed by atoms with van der Waals surface area (Å²) in [6.45, 7) is 0.803. The zero-order valence-corrected chi connectivity index (χ0v) is 11.4. The highest BCUT2D eigenvalue weighted by Gasteiger charge is 2.09. The average molecular weight is 272 g/mol. The van der Waals surface area contributed by atoms with Gasteiger partial charge in [-0.3, -0.25) is 4.40 Å². The van der Waals surface area contributed by atoms with Crippen LogP contribution in [0.15, 0.2) is 48.8 Å². The van der Waals surface area contributed by atoms with Crippen molar-refractivity contribution in [2.24, 2.45) is 0 Å². The lowest BCUT2D eigenvalue weighted by atomic mass is 10.0. The monoisotopic (exact) mass is 271 g/mol. The van der Waals surface area contributed by atoms with Gasteiger partial charge in [-0.15, -0.1) is 0 Å². The number of halogens is 1. The number of hydrogen-bond acceptors (Lipinski definition) is 2. The summed E-state index contributed by atoms with van der Waals surface area (Å²) in [5.74, 6) is 0. The number of nitrogens with one attached hydrogen (secondary N) is 1. The zero-order valence-electron chi connectivity index (χ0n) is 10.6. The van der Waals surface area contributed by atoms with Gasteiger partial charge in [0.15, 0.2) is 0 Å². The summed E-state index contributed by atoms with van der Waals surface area (Å²) in [5.41, 5.74) is 4.38. The fourth-order valence-electron chi connectivity index (χ4n) is 2.30. The number of pyridine rings is 1. The van der Waals surface area contributed by atoms with Gasteiger partial charge in [0, 0.05) is 29.5 Å². The number of fused-ring (bicyclic) bond motifs is 1. The number of imidazole rings is 1. The third kappa shape index (κ3) is 2.23. The van der Waals surface area contributed by atoms with Crippen LogP contribution in [0, 0.1) is 0 Å². The molecule has 0 saturated heterocycles. The summed E-state index contributed by atoms with van der Waals surface area (Å²) in [5, 5.41) is 3.93. The first-order valence-electron chi connectivity index (χ1n) is 6.15. The molecule has 0 unspecified atom stereocenters. The van der Waals surface area contributed by atoms with E-state index in [2.05, 4.69) is 26.8 Å². The molecule has 0 fully saturated rings. The smallest absolute Gasteiger partial charge is 0.137 e. The molecule has 0 aliphatic heterocycles. The summed E-state index contributed by atoms with van der Waals surface area (Å²) in [6, 6.07) is 12.1. The number of nitrogens with zero attached hydrogens (tertiary/aromatic N) is 2. The van der Waals surface area contributed by atoms with Crippen LogP contribution in [0.4, 0.5) is 0 Å². The first-order chi connectivity index (χ1) is 9.29. The first kappa shape index (κ1) is 12.2. The van der Waals surface area contributed by atoms with Crippen molar-refractivity contribution in [3.05, 3.63) is 59.4 Å². The van der Waals surface area contributed by atoms with Gasteiger partial charge in [0.05, 0.1) is 5.69 Å². The lowest BCUT2D eigenvalue weighted by Gasteiger charge is -2.12. The molecular weight excluding hydrogens is 258 g/mol. The SMILES string of the molecule is CNCc1ccc(Cl)cc1-c1cccc2nccn12. The van der Waals surface area contributed by atoms with Gasteiger partial charge in [0.2, 0.25) is 0 Å². The second kappa shape index (κ2) is 5.03. The number of hydrogen-bond donors (Lipinski definition) is 1. The van der Waals surface area contributed by atoms with E-state index in [1.807, 2.05) is 37.5 Å². The van der Waals surface area contributed by atoms with E-state index in [-0.39, 0.29) is 0 Å². The van der Waals surface area contributed by atoms with Crippen molar-refractivity contribution in [1.82, 2.24) is 14.7 Å². The van der Waals surface area contributed by atoms with Gasteiger partial charge >= 0.3 is 0 Å². The van der Waals surface area contributed by atoms with E-state index in [1.54, 1.807) is 6.20 Å². The summed E-state index contributed by atoms with van der Waals surface area (Å²) < 4.78 is 2.07. The van der Waals surface area contributed by atoms with E-state index in [9.17, 15) is 0 Å². The van der Waals surface area contributed by atoms with E-state index in [1.165, 1.54) is 5.56 Å². The van der Waals surface area contributed by atoms with Crippen LogP contribution in [0.1, 0.15) is 5.56 Å². The summed E-state index contributed by atoms with van der Waals surface area (Å²) in [7, 11) is 1.94. The molecule has 1 aromatic carbocycles. The van der Waals surface area contributed by atoms with Crippen LogP contribution in [0.2, 0.25) is 5.02 Å². The van der Waals surface area contributed by atoms with E-state index >= 15 is 0 Å². The number of benzene rings is 1. The molecule has 1 N–H and O–H groups in total. The summed E-state index contributed by atoms with van der Waals surface area (Å²) >= 11 is 6.15. The van der Waals surface area contributed by atoms with Crippen LogP contribution in [0.5, 0.6) is 0 Å². The Morgan fingerprint density at radius 2 is 2.16 bits per heavy atom. The summed E-state index contributed by atoms with van der Waals surface area (Å²) in [4.78, 5) is 4.32. The maximum atomic E-state index is 6.15. The van der Waals surface area contributed by atoms with Gasteiger partial charge in [0.25, 0.3) is 0 Å². The van der Waals surface area contributed by atoms with E-state index in [0.717, 1.165) is 28.5 Å². The average Bonchev–Trinajstić information content (AvgIpc) is 2.89. The van der Waals surface area contributed by atoms with Crippen molar-refractivity contribution in [1.29, 1.82) is 0 Å². The molecule has 2 aromatic heterocycles. The molecular formula is C15H14ClN3. The van der Waals surface area contributed by atoms with Gasteiger partial charge in [-0.1, -0.05) is 23.7 Å². The minimum Gasteiger partial charge on any atom is -0.316 e. The van der Waals surface area contributed by atoms with Crippen molar-refractivity contribution in [3.63, 3.8) is 0 Å². The Labute approximate surface area is 116 Å². The fourth-order valence-corrected chi connectivity index (χ4v) is 2.47. The third-order valence-electron chi connectivity index (χ3n) is 3.14. The topological polar surface area (TPSA) is 29.3 Å². The standard InChI is InChI=1S/C15H14ClN3/c1-17-10-11-5-6-12(16)9-13(11)14-3-2-4-15-18-7-8-19(14)15/h2-9,17H,10H2,1H3. The molecule has 0 atom stereocenters. The van der Waals surface area contributed by atoms with Crippen molar-refractivity contribution < 1.29 is 0 Å². The molecule has 3 aromatic rings. The van der Waals surface area contributed by atoms with Gasteiger partial charge in [-0.05, 0) is 36.9 Å². The minimum atomic E-state index is 0.743. The Hall–Kier alpha value is -1.84. The minimum absolute atomic E-state index is 0.743. The molecule has 0 radical (unpaired) electrons. The fraction of sp³-hybridized carbons (Fsp3) is 0.133. The van der Waals surface area contributed by atoms with E-state index in [0.29, 0.717) is 0 Å². The second-order valence-corrected chi connectivity index (χ2v) is 4.83. The van der Waals surface area contributed by atoms with Crippen LogP contribution in [-0.2, 0) is 6.54 Å². The zero-order chi connectivity index (χ0) is 13.2. The molecule has 0 saturated carbocycles. The molecule has 3 rings (SSSR count). The van der Waals surface area contributed by atoms with E-state index < -0.39 is 0 Å². The molecule has 3 nitrogen and oxygen atoms in total. The second-order valence-electron chi connectivity index (χ2n) is 4.40. The van der Waals surface area contributed by atoms with Crippen molar-refractivity contribution >= 4 is 17.2 Å². The predicted molar refractivity (Wildman–Crippen MR) is 78.4 cm³/mol. The molecule has 0 aliphatic carbocycles. The van der Waals surface area contributed by atoms with Gasteiger partial charge in [-0.2, -0.15) is 0 Å². The molecule has 19 heavy (non-hydrogen) atoms. The maximum Gasteiger partial charge on any atom is 0.137 e. The Balaban J connectivity index is 2.25. The van der Waals surface area contributed by atoms with Crippen LogP contribution in [0.25, 0.3) is 16.9 Å². The highest BCUT2D eigenvalue weighted by atomic mass is 35.5. The highest BCUT2D eigenvalue weighted by Crippen LogP contribution is 2.27. The van der Waals surface area contributed by atoms with Crippen LogP contribution >= 0.6 is 11.6 Å². The van der Waals surface area contributed by atoms with Crippen molar-refractivity contribution in [2.75, 3.05) is 7.05 Å². The summed E-state index contributed by atoms with van der Waals surface area (Å²) in [6.07, 6.45) is 3.77. The Bertz CT molecular complexity index is 718. The number of rotatable bonds is 3. The van der Waals surface area contributed by atoms with Gasteiger partial charge in [-0.25, -0.2) is 4.98 Å². The quantitative estimate of drug-likeness (QED) is 0.791. The Morgan fingerprint density at radius 3 is 3.00 bits per heavy atom. The highest BCUT2D eigenvalue weighted by molar-refractivity contribution is 6.30. The molecule has 0 aliphatic rings. The maximum absolute atomic E-state index is 6.15. The number of aromatic nitrogens is 2. The molecule has 2 heterocycles. The van der Waals surface area contributed by atoms with E-state index in [4.69, 9.17) is 11.6 Å². The molecule has 0 bridgehead atoms. The van der Waals surface area contributed by atoms with Crippen LogP contribution in [-0.4, -0.2) is 16.4 Å². The Kier molecular flexibility index (Phi) is 3.23. The van der Waals surface area contributed by atoms with Crippen molar-refractivity contribution in [2.45, 2.75) is 6.54 Å². The third-order valence-corrected chi connectivity index (χ3v) is 3.38. The molecule has 96 valence electrons. The predicted octanol–water partition coefficient (Wildman–Crippen LogP) is 3.37. The van der Waals surface area contributed by atoms with Crippen LogP contribution in [0.3, 0.4) is 0 Å². The lowest BCUT2D eigenvalue weighted by molar-refractivity contribution is 0.818. The largest absolute Gasteiger partial charge is 0.316 e. The van der Waals surface area contributed by atoms with Crippen LogP contribution < -0.4 is 5.32 Å². The molecule has 0 amide bonds. The van der Waals surface area contributed by atoms with Crippen molar-refractivity contribution in [3.8, 4) is 11.3 Å².